The monoisotopic (exact) mass is 184 g/mol. The topological polar surface area (TPSA) is 9.23 Å². The molecule has 2 bridgehead atoms. The van der Waals surface area contributed by atoms with Crippen molar-refractivity contribution in [2.24, 2.45) is 0 Å². The first-order valence-electron chi connectivity index (χ1n) is 4.90. The van der Waals surface area contributed by atoms with E-state index in [0.717, 1.165) is 5.57 Å². The van der Waals surface area contributed by atoms with Gasteiger partial charge < -0.3 is 4.74 Å². The summed E-state index contributed by atoms with van der Waals surface area (Å²) in [6, 6.07) is 6.36. The van der Waals surface area contributed by atoms with Gasteiger partial charge in [0.05, 0.1) is 0 Å². The summed E-state index contributed by atoms with van der Waals surface area (Å²) in [6.45, 7) is 6.05. The summed E-state index contributed by atoms with van der Waals surface area (Å²) < 4.78 is 5.78. The Morgan fingerprint density at radius 1 is 1.29 bits per heavy atom. The minimum atomic E-state index is 0.169. The molecule has 1 aromatic rings. The molecule has 1 aromatic carbocycles. The van der Waals surface area contributed by atoms with E-state index in [1.165, 1.54) is 16.7 Å². The lowest BCUT2D eigenvalue weighted by Crippen LogP contribution is -1.97. The third kappa shape index (κ3) is 0.878. The molecule has 2 heterocycles. The number of benzene rings is 1. The second-order valence-electron chi connectivity index (χ2n) is 3.95. The average molecular weight is 184 g/mol. The summed E-state index contributed by atoms with van der Waals surface area (Å²) >= 11 is 0. The molecule has 0 saturated heterocycles. The Hall–Kier alpha value is -1.34. The minimum Gasteiger partial charge on any atom is -0.357 e. The molecule has 0 N–H and O–H groups in total. The zero-order valence-corrected chi connectivity index (χ0v) is 8.16. The maximum Gasteiger partial charge on any atom is 0.103 e. The fourth-order valence-corrected chi connectivity index (χ4v) is 2.31. The summed E-state index contributed by atoms with van der Waals surface area (Å²) in [5, 5.41) is 0. The van der Waals surface area contributed by atoms with Crippen molar-refractivity contribution in [3.63, 3.8) is 0 Å². The van der Waals surface area contributed by atoms with E-state index in [-0.39, 0.29) is 12.2 Å². The molecule has 2 aliphatic heterocycles. The van der Waals surface area contributed by atoms with Crippen molar-refractivity contribution in [2.75, 3.05) is 0 Å². The standard InChI is InChI=1S/C13H12O/c1-8(2)9-4-3-5-10-11-6-7-12(14-11)13(9)10/h3-7,11-12H,1H2,2H3. The number of ether oxygens (including phenoxy) is 1. The predicted octanol–water partition coefficient (Wildman–Crippen LogP) is 3.40. The molecule has 70 valence electrons. The van der Waals surface area contributed by atoms with E-state index in [9.17, 15) is 0 Å². The number of fused-ring (bicyclic) bond motifs is 5. The molecule has 0 radical (unpaired) electrons. The highest BCUT2D eigenvalue weighted by Gasteiger charge is 2.34. The van der Waals surface area contributed by atoms with Crippen LogP contribution in [0.5, 0.6) is 0 Å². The van der Waals surface area contributed by atoms with E-state index < -0.39 is 0 Å². The average Bonchev–Trinajstić information content (AvgIpc) is 2.77. The molecule has 14 heavy (non-hydrogen) atoms. The molecular weight excluding hydrogens is 172 g/mol. The maximum atomic E-state index is 5.78. The van der Waals surface area contributed by atoms with Crippen molar-refractivity contribution in [3.8, 4) is 0 Å². The van der Waals surface area contributed by atoms with Gasteiger partial charge in [-0.2, -0.15) is 0 Å². The molecule has 0 spiro atoms. The lowest BCUT2D eigenvalue weighted by molar-refractivity contribution is 0.0878. The van der Waals surface area contributed by atoms with Crippen LogP contribution in [0.15, 0.2) is 36.9 Å². The molecule has 0 aromatic heterocycles. The predicted molar refractivity (Wildman–Crippen MR) is 56.9 cm³/mol. The first kappa shape index (κ1) is 8.01. The molecule has 2 aliphatic rings. The Labute approximate surface area is 83.7 Å². The van der Waals surface area contributed by atoms with Crippen LogP contribution < -0.4 is 0 Å². The van der Waals surface area contributed by atoms with Crippen LogP contribution in [0.1, 0.15) is 35.8 Å². The molecule has 0 fully saturated rings. The summed E-state index contributed by atoms with van der Waals surface area (Å²) in [5.41, 5.74) is 5.01. The first-order valence-corrected chi connectivity index (χ1v) is 4.90. The highest BCUT2D eigenvalue weighted by molar-refractivity contribution is 5.68. The molecule has 0 amide bonds. The van der Waals surface area contributed by atoms with Crippen LogP contribution in [-0.4, -0.2) is 0 Å². The Bertz CT molecular complexity index is 443. The smallest absolute Gasteiger partial charge is 0.103 e. The van der Waals surface area contributed by atoms with Gasteiger partial charge in [-0.3, -0.25) is 0 Å². The van der Waals surface area contributed by atoms with Crippen molar-refractivity contribution < 1.29 is 4.74 Å². The van der Waals surface area contributed by atoms with Gasteiger partial charge in [0.2, 0.25) is 0 Å². The van der Waals surface area contributed by atoms with Gasteiger partial charge in [0.15, 0.2) is 0 Å². The SMILES string of the molecule is C=C(C)c1cccc2c1C1C=CC2O1. The van der Waals surface area contributed by atoms with E-state index in [0.29, 0.717) is 0 Å². The largest absolute Gasteiger partial charge is 0.357 e. The van der Waals surface area contributed by atoms with Crippen molar-refractivity contribution in [1.29, 1.82) is 0 Å². The van der Waals surface area contributed by atoms with Gasteiger partial charge in [0.25, 0.3) is 0 Å². The van der Waals surface area contributed by atoms with Crippen LogP contribution in [-0.2, 0) is 4.74 Å². The molecule has 2 unspecified atom stereocenters. The highest BCUT2D eigenvalue weighted by atomic mass is 16.5. The maximum absolute atomic E-state index is 5.78. The summed E-state index contributed by atoms with van der Waals surface area (Å²) in [6.07, 6.45) is 4.63. The first-order chi connectivity index (χ1) is 6.77. The van der Waals surface area contributed by atoms with Crippen molar-refractivity contribution in [3.05, 3.63) is 53.6 Å². The fraction of sp³-hybridized carbons (Fsp3) is 0.231. The third-order valence-electron chi connectivity index (χ3n) is 2.94. The Kier molecular flexibility index (Phi) is 1.48. The van der Waals surface area contributed by atoms with Gasteiger partial charge >= 0.3 is 0 Å². The molecule has 0 aliphatic carbocycles. The zero-order chi connectivity index (χ0) is 9.71. The lowest BCUT2D eigenvalue weighted by Gasteiger charge is -2.12. The molecule has 0 saturated carbocycles. The van der Waals surface area contributed by atoms with Crippen LogP contribution in [0.4, 0.5) is 0 Å². The zero-order valence-electron chi connectivity index (χ0n) is 8.16. The minimum absolute atomic E-state index is 0.169. The van der Waals surface area contributed by atoms with Crippen LogP contribution >= 0.6 is 0 Å². The van der Waals surface area contributed by atoms with Gasteiger partial charge in [-0.1, -0.05) is 42.5 Å². The quantitative estimate of drug-likeness (QED) is 0.608. The number of hydrogen-bond donors (Lipinski definition) is 0. The van der Waals surface area contributed by atoms with E-state index in [1.54, 1.807) is 0 Å². The molecule has 2 atom stereocenters. The summed E-state index contributed by atoms with van der Waals surface area (Å²) in [7, 11) is 0. The molecule has 3 rings (SSSR count). The van der Waals surface area contributed by atoms with Gasteiger partial charge in [0.1, 0.15) is 12.2 Å². The molecular formula is C13H12O. The van der Waals surface area contributed by atoms with Crippen molar-refractivity contribution >= 4 is 5.57 Å². The van der Waals surface area contributed by atoms with E-state index in [1.807, 2.05) is 6.92 Å². The van der Waals surface area contributed by atoms with E-state index in [4.69, 9.17) is 4.74 Å². The Morgan fingerprint density at radius 2 is 2.07 bits per heavy atom. The normalized spacial score (nSPS) is 26.6. The van der Waals surface area contributed by atoms with Crippen LogP contribution in [0.25, 0.3) is 5.57 Å². The van der Waals surface area contributed by atoms with E-state index in [2.05, 4.69) is 36.9 Å². The third-order valence-corrected chi connectivity index (χ3v) is 2.94. The van der Waals surface area contributed by atoms with Gasteiger partial charge in [0, 0.05) is 0 Å². The second kappa shape index (κ2) is 2.58. The van der Waals surface area contributed by atoms with Crippen LogP contribution in [0.3, 0.4) is 0 Å². The summed E-state index contributed by atoms with van der Waals surface area (Å²) in [5.74, 6) is 0. The number of hydrogen-bond acceptors (Lipinski definition) is 1. The van der Waals surface area contributed by atoms with Gasteiger partial charge in [-0.15, -0.1) is 0 Å². The van der Waals surface area contributed by atoms with Crippen molar-refractivity contribution in [2.45, 2.75) is 19.1 Å². The van der Waals surface area contributed by atoms with Crippen LogP contribution in [0, 0.1) is 0 Å². The van der Waals surface area contributed by atoms with E-state index >= 15 is 0 Å². The lowest BCUT2D eigenvalue weighted by atomic mass is 9.90. The van der Waals surface area contributed by atoms with Gasteiger partial charge in [-0.25, -0.2) is 0 Å². The Morgan fingerprint density at radius 3 is 2.86 bits per heavy atom. The Balaban J connectivity index is 2.25. The molecule has 1 nitrogen and oxygen atoms in total. The van der Waals surface area contributed by atoms with Crippen LogP contribution in [0.2, 0.25) is 0 Å². The fourth-order valence-electron chi connectivity index (χ4n) is 2.31. The summed E-state index contributed by atoms with van der Waals surface area (Å²) in [4.78, 5) is 0. The van der Waals surface area contributed by atoms with Gasteiger partial charge in [-0.05, 0) is 23.6 Å². The number of rotatable bonds is 1. The number of allylic oxidation sites excluding steroid dienone is 1. The molecule has 1 heteroatoms. The highest BCUT2D eigenvalue weighted by Crippen LogP contribution is 2.48. The van der Waals surface area contributed by atoms with Crippen molar-refractivity contribution in [1.82, 2.24) is 0 Å². The second-order valence-corrected chi connectivity index (χ2v) is 3.95.